The molecule has 0 aliphatic carbocycles. The lowest BCUT2D eigenvalue weighted by molar-refractivity contribution is -0.0634. The first kappa shape index (κ1) is 15.4. The number of hydrogen-bond acceptors (Lipinski definition) is 4. The maximum absolute atomic E-state index is 10.0. The van der Waals surface area contributed by atoms with E-state index in [9.17, 15) is 5.11 Å². The Bertz CT molecular complexity index is 365. The fraction of sp³-hybridized carbons (Fsp3) is 0.625. The van der Waals surface area contributed by atoms with Crippen molar-refractivity contribution in [3.63, 3.8) is 0 Å². The zero-order valence-electron chi connectivity index (χ0n) is 12.2. The summed E-state index contributed by atoms with van der Waals surface area (Å²) in [5.74, 6) is 0. The maximum atomic E-state index is 10.0. The Morgan fingerprint density at radius 2 is 2.00 bits per heavy atom. The van der Waals surface area contributed by atoms with Crippen molar-refractivity contribution >= 4 is 0 Å². The number of rotatable bonds is 7. The first-order valence-electron chi connectivity index (χ1n) is 7.34. The van der Waals surface area contributed by atoms with Crippen LogP contribution in [-0.2, 0) is 16.0 Å². The number of nitrogens with zero attached hydrogens (tertiary/aromatic N) is 1. The molecule has 0 spiro atoms. The first-order valence-corrected chi connectivity index (χ1v) is 7.34. The molecule has 4 heteroatoms. The summed E-state index contributed by atoms with van der Waals surface area (Å²) < 4.78 is 11.0. The molecule has 1 unspecified atom stereocenters. The van der Waals surface area contributed by atoms with Crippen molar-refractivity contribution in [2.45, 2.75) is 31.6 Å². The molecule has 1 aliphatic heterocycles. The summed E-state index contributed by atoms with van der Waals surface area (Å²) in [6.07, 6.45) is 1.68. The van der Waals surface area contributed by atoms with Gasteiger partial charge < -0.3 is 14.6 Å². The highest BCUT2D eigenvalue weighted by molar-refractivity contribution is 5.14. The van der Waals surface area contributed by atoms with E-state index in [1.54, 1.807) is 0 Å². The van der Waals surface area contributed by atoms with Crippen molar-refractivity contribution in [2.75, 3.05) is 33.4 Å². The highest BCUT2D eigenvalue weighted by atomic mass is 16.5. The minimum atomic E-state index is -0.438. The Morgan fingerprint density at radius 1 is 1.30 bits per heavy atom. The molecule has 1 aromatic rings. The van der Waals surface area contributed by atoms with E-state index in [1.807, 2.05) is 25.2 Å². The number of aliphatic hydroxyl groups excluding tert-OH is 1. The van der Waals surface area contributed by atoms with Crippen molar-refractivity contribution < 1.29 is 14.6 Å². The van der Waals surface area contributed by atoms with Gasteiger partial charge in [0, 0.05) is 26.3 Å². The quantitative estimate of drug-likeness (QED) is 0.824. The van der Waals surface area contributed by atoms with Crippen LogP contribution in [0.3, 0.4) is 0 Å². The maximum Gasteiger partial charge on any atom is 0.0900 e. The monoisotopic (exact) mass is 279 g/mol. The van der Waals surface area contributed by atoms with E-state index in [1.165, 1.54) is 5.56 Å². The summed E-state index contributed by atoms with van der Waals surface area (Å²) in [5.41, 5.74) is 1.26. The van der Waals surface area contributed by atoms with Gasteiger partial charge in [-0.1, -0.05) is 30.3 Å². The normalized spacial score (nSPS) is 18.4. The van der Waals surface area contributed by atoms with Gasteiger partial charge in [0.2, 0.25) is 0 Å². The molecule has 0 bridgehead atoms. The van der Waals surface area contributed by atoms with Crippen LogP contribution in [-0.4, -0.2) is 55.6 Å². The predicted octanol–water partition coefficient (Wildman–Crippen LogP) is 1.67. The average molecular weight is 279 g/mol. The van der Waals surface area contributed by atoms with Gasteiger partial charge in [0.25, 0.3) is 0 Å². The van der Waals surface area contributed by atoms with Crippen LogP contribution in [0.15, 0.2) is 30.3 Å². The van der Waals surface area contributed by atoms with Crippen LogP contribution in [0.1, 0.15) is 18.4 Å². The molecule has 1 saturated heterocycles. The Morgan fingerprint density at radius 3 is 2.70 bits per heavy atom. The van der Waals surface area contributed by atoms with E-state index < -0.39 is 6.10 Å². The lowest BCUT2D eigenvalue weighted by Gasteiger charge is -2.25. The van der Waals surface area contributed by atoms with Crippen LogP contribution in [0.25, 0.3) is 0 Å². The molecular weight excluding hydrogens is 254 g/mol. The molecule has 1 aromatic carbocycles. The molecule has 1 heterocycles. The van der Waals surface area contributed by atoms with Gasteiger partial charge >= 0.3 is 0 Å². The van der Waals surface area contributed by atoms with Crippen molar-refractivity contribution in [3.8, 4) is 0 Å². The second-order valence-electron chi connectivity index (χ2n) is 5.48. The van der Waals surface area contributed by atoms with E-state index in [2.05, 4.69) is 17.0 Å². The summed E-state index contributed by atoms with van der Waals surface area (Å²) in [5, 5.41) is 10.0. The number of ether oxygens (including phenoxy) is 2. The highest BCUT2D eigenvalue weighted by Crippen LogP contribution is 2.11. The summed E-state index contributed by atoms with van der Waals surface area (Å²) >= 11 is 0. The van der Waals surface area contributed by atoms with Gasteiger partial charge in [-0.25, -0.2) is 0 Å². The van der Waals surface area contributed by atoms with Crippen molar-refractivity contribution in [3.05, 3.63) is 35.9 Å². The Balaban J connectivity index is 1.64. The molecule has 20 heavy (non-hydrogen) atoms. The molecular formula is C16H25NO3. The number of aliphatic hydroxyl groups is 1. The van der Waals surface area contributed by atoms with E-state index in [4.69, 9.17) is 9.47 Å². The molecule has 1 atom stereocenters. The predicted molar refractivity (Wildman–Crippen MR) is 78.6 cm³/mol. The zero-order valence-corrected chi connectivity index (χ0v) is 12.2. The van der Waals surface area contributed by atoms with Gasteiger partial charge in [0.15, 0.2) is 0 Å². The molecule has 0 amide bonds. The van der Waals surface area contributed by atoms with Crippen molar-refractivity contribution in [1.82, 2.24) is 4.90 Å². The Labute approximate surface area is 121 Å². The lowest BCUT2D eigenvalue weighted by atomic mass is 10.1. The summed E-state index contributed by atoms with van der Waals surface area (Å²) in [6, 6.07) is 10.3. The molecule has 0 saturated carbocycles. The van der Waals surface area contributed by atoms with Gasteiger partial charge in [-0.05, 0) is 25.5 Å². The topological polar surface area (TPSA) is 41.9 Å². The van der Waals surface area contributed by atoms with E-state index >= 15 is 0 Å². The van der Waals surface area contributed by atoms with Gasteiger partial charge in [0.1, 0.15) is 0 Å². The second kappa shape index (κ2) is 8.37. The fourth-order valence-electron chi connectivity index (χ4n) is 2.46. The molecule has 0 radical (unpaired) electrons. The average Bonchev–Trinajstić information content (AvgIpc) is 2.47. The van der Waals surface area contributed by atoms with Crippen molar-refractivity contribution in [1.29, 1.82) is 0 Å². The third-order valence-corrected chi connectivity index (χ3v) is 3.51. The third-order valence-electron chi connectivity index (χ3n) is 3.51. The van der Waals surface area contributed by atoms with Gasteiger partial charge in [-0.2, -0.15) is 0 Å². The summed E-state index contributed by atoms with van der Waals surface area (Å²) in [7, 11) is 2.02. The molecule has 1 aliphatic rings. The van der Waals surface area contributed by atoms with E-state index in [-0.39, 0.29) is 6.10 Å². The largest absolute Gasteiger partial charge is 0.389 e. The molecule has 112 valence electrons. The SMILES string of the molecule is CN(Cc1ccccc1)CC(O)COC1CCOCC1. The highest BCUT2D eigenvalue weighted by Gasteiger charge is 2.16. The standard InChI is InChI=1S/C16H25NO3/c1-17(11-14-5-3-2-4-6-14)12-15(18)13-20-16-7-9-19-10-8-16/h2-6,15-16,18H,7-13H2,1H3. The van der Waals surface area contributed by atoms with Crippen molar-refractivity contribution in [2.24, 2.45) is 0 Å². The molecule has 0 aromatic heterocycles. The van der Waals surface area contributed by atoms with Crippen LogP contribution in [0.4, 0.5) is 0 Å². The molecule has 1 N–H and O–H groups in total. The van der Waals surface area contributed by atoms with E-state index in [0.29, 0.717) is 13.2 Å². The number of likely N-dealkylation sites (N-methyl/N-ethyl adjacent to an activating group) is 1. The smallest absolute Gasteiger partial charge is 0.0900 e. The van der Waals surface area contributed by atoms with Gasteiger partial charge in [-0.3, -0.25) is 4.90 Å². The Hall–Kier alpha value is -0.940. The summed E-state index contributed by atoms with van der Waals surface area (Å²) in [6.45, 7) is 3.42. The van der Waals surface area contributed by atoms with Gasteiger partial charge in [-0.15, -0.1) is 0 Å². The first-order chi connectivity index (χ1) is 9.74. The van der Waals surface area contributed by atoms with E-state index in [0.717, 1.165) is 32.6 Å². The second-order valence-corrected chi connectivity index (χ2v) is 5.48. The molecule has 4 nitrogen and oxygen atoms in total. The number of benzene rings is 1. The third kappa shape index (κ3) is 5.59. The van der Waals surface area contributed by atoms with Crippen LogP contribution < -0.4 is 0 Å². The molecule has 1 fully saturated rings. The van der Waals surface area contributed by atoms with Crippen LogP contribution in [0, 0.1) is 0 Å². The zero-order chi connectivity index (χ0) is 14.2. The minimum absolute atomic E-state index is 0.248. The van der Waals surface area contributed by atoms with Crippen LogP contribution in [0.5, 0.6) is 0 Å². The fourth-order valence-corrected chi connectivity index (χ4v) is 2.46. The Kier molecular flexibility index (Phi) is 6.47. The van der Waals surface area contributed by atoms with Gasteiger partial charge in [0.05, 0.1) is 18.8 Å². The minimum Gasteiger partial charge on any atom is -0.389 e. The summed E-state index contributed by atoms with van der Waals surface area (Å²) in [4.78, 5) is 2.12. The molecule has 2 rings (SSSR count). The van der Waals surface area contributed by atoms with Crippen LogP contribution >= 0.6 is 0 Å². The van der Waals surface area contributed by atoms with Crippen LogP contribution in [0.2, 0.25) is 0 Å². The number of hydrogen-bond donors (Lipinski definition) is 1. The lowest BCUT2D eigenvalue weighted by Crippen LogP contribution is -2.34.